The monoisotopic (exact) mass is 1810 g/mol. The number of para-hydroxylation sites is 1. The van der Waals surface area contributed by atoms with E-state index in [-0.39, 0.29) is 74.5 Å². The number of carboxylic acid groups (broad SMARTS) is 1. The Morgan fingerprint density at radius 2 is 0.900 bits per heavy atom. The highest BCUT2D eigenvalue weighted by Crippen LogP contribution is 2.25. The number of thioether (sulfide) groups is 1. The van der Waals surface area contributed by atoms with Gasteiger partial charge in [-0.1, -0.05) is 187 Å². The fraction of sp³-hybridized carbons (Fsp3) is 0.426. The number of H-pyrrole nitrogens is 1. The van der Waals surface area contributed by atoms with E-state index in [1.54, 1.807) is 149 Å². The zero-order chi connectivity index (χ0) is 95.0. The lowest BCUT2D eigenvalue weighted by Gasteiger charge is -2.37. The first-order valence-corrected chi connectivity index (χ1v) is 44.3. The van der Waals surface area contributed by atoms with Gasteiger partial charge in [0.15, 0.2) is 0 Å². The van der Waals surface area contributed by atoms with E-state index >= 15 is 38.4 Å². The van der Waals surface area contributed by atoms with Gasteiger partial charge in [0, 0.05) is 96.6 Å². The first kappa shape index (κ1) is 102. The van der Waals surface area contributed by atoms with Crippen molar-refractivity contribution in [2.24, 2.45) is 17.6 Å². The Labute approximate surface area is 759 Å². The van der Waals surface area contributed by atoms with Gasteiger partial charge in [0.2, 0.25) is 88.6 Å². The largest absolute Gasteiger partial charge is 0.508 e. The summed E-state index contributed by atoms with van der Waals surface area (Å²) in [6, 6.07) is 27.3. The van der Waals surface area contributed by atoms with Crippen LogP contribution in [0.25, 0.3) is 10.9 Å². The van der Waals surface area contributed by atoms with Crippen LogP contribution in [-0.4, -0.2) is 272 Å². The molecule has 36 heteroatoms. The molecule has 0 spiro atoms. The molecule has 130 heavy (non-hydrogen) atoms. The average Bonchev–Trinajstić information content (AvgIpc) is 1.78. The molecule has 15 N–H and O–H groups in total. The number of unbranched alkanes of at least 4 members (excludes halogenated alkanes) is 2. The van der Waals surface area contributed by atoms with Gasteiger partial charge in [0.25, 0.3) is 0 Å². The maximum atomic E-state index is 15.6. The molecule has 0 bridgehead atoms. The molecule has 7 aromatic rings. The molecule has 2 heterocycles. The Balaban J connectivity index is 1.21. The van der Waals surface area contributed by atoms with E-state index < -0.39 is 199 Å². The van der Waals surface area contributed by atoms with Crippen LogP contribution < -0.4 is 53.6 Å². The number of hydrogen-bond donors (Lipinski definition) is 14. The van der Waals surface area contributed by atoms with Gasteiger partial charge in [-0.15, -0.1) is 11.8 Å². The molecule has 1 fully saturated rings. The first-order valence-electron chi connectivity index (χ1n) is 43.2. The number of benzene rings is 6. The van der Waals surface area contributed by atoms with Crippen molar-refractivity contribution in [3.05, 3.63) is 203 Å². The highest BCUT2D eigenvalue weighted by molar-refractivity contribution is 8.00. The number of fused-ring (bicyclic) bond motifs is 1. The number of primary amides is 1. The molecular formula is C94H120N16O19S. The molecule has 35 nitrogen and oxygen atoms in total. The van der Waals surface area contributed by atoms with Crippen LogP contribution in [-0.2, 0) is 115 Å². The molecule has 696 valence electrons. The number of amides is 15. The van der Waals surface area contributed by atoms with E-state index in [1.807, 2.05) is 6.92 Å². The summed E-state index contributed by atoms with van der Waals surface area (Å²) in [6.07, 6.45) is 0.876. The number of rotatable bonds is 24. The SMILES string of the molecule is CCCCC[C@H]1C(=O)N(C)CC(=O)N[C@@H](CC(=O)O)C(=O)N[C@@H](C(C)C)C(=O)N(C)[C@@H](Cc2ccccc2)C(=O)N[C@@H](Cc2ccc(O)cc2)C(=O)N(C)CC(=O)N[C@@H](Cc2c[nH]c3ccccc23)C(=O)N[C@@H](Cc2ccc(O)cc2)C(=O)N[C@@H](CC(C)C)C(=O)N[C@H](C(=O)NCC(N)=O)CSCC(=O)N[C@@H](Cc2ccccc2)C(=O)N(C)[C@@H](Cc2ccccc2)C(=O)N1C. The summed E-state index contributed by atoms with van der Waals surface area (Å²) in [5.74, 6) is -17.4. The second kappa shape index (κ2) is 49.6. The smallest absolute Gasteiger partial charge is 0.305 e. The summed E-state index contributed by atoms with van der Waals surface area (Å²) in [5.41, 5.74) is 9.12. The summed E-state index contributed by atoms with van der Waals surface area (Å²) < 4.78 is 0. The lowest BCUT2D eigenvalue weighted by atomic mass is 9.98. The highest BCUT2D eigenvalue weighted by atomic mass is 32.2. The van der Waals surface area contributed by atoms with Crippen molar-refractivity contribution in [2.45, 2.75) is 178 Å². The number of likely N-dealkylation sites (N-methyl/N-ethyl adjacent to an activating group) is 5. The number of aromatic nitrogens is 1. The van der Waals surface area contributed by atoms with Crippen LogP contribution in [0.4, 0.5) is 0 Å². The molecule has 0 unspecified atom stereocenters. The lowest BCUT2D eigenvalue weighted by molar-refractivity contribution is -0.151. The van der Waals surface area contributed by atoms with Crippen LogP contribution in [0.15, 0.2) is 170 Å². The van der Waals surface area contributed by atoms with Crippen LogP contribution in [0.3, 0.4) is 0 Å². The second-order valence-electron chi connectivity index (χ2n) is 33.4. The maximum Gasteiger partial charge on any atom is 0.305 e. The third kappa shape index (κ3) is 30.8. The van der Waals surface area contributed by atoms with Crippen LogP contribution in [0.5, 0.6) is 11.5 Å². The number of nitrogens with two attached hydrogens (primary N) is 1. The van der Waals surface area contributed by atoms with Gasteiger partial charge >= 0.3 is 5.97 Å². The van der Waals surface area contributed by atoms with Gasteiger partial charge in [-0.2, -0.15) is 0 Å². The van der Waals surface area contributed by atoms with Crippen molar-refractivity contribution in [1.82, 2.24) is 77.3 Å². The van der Waals surface area contributed by atoms with E-state index in [9.17, 15) is 53.7 Å². The number of aromatic amines is 1. The lowest BCUT2D eigenvalue weighted by Crippen LogP contribution is -2.61. The zero-order valence-electron chi connectivity index (χ0n) is 74.8. The van der Waals surface area contributed by atoms with E-state index in [0.717, 1.165) is 26.5 Å². The van der Waals surface area contributed by atoms with Crippen molar-refractivity contribution in [2.75, 3.05) is 66.4 Å². The summed E-state index contributed by atoms with van der Waals surface area (Å²) in [4.78, 5) is 244. The van der Waals surface area contributed by atoms with E-state index in [1.165, 1.54) is 93.6 Å². The zero-order valence-corrected chi connectivity index (χ0v) is 75.6. The Hall–Kier alpha value is -13.7. The molecule has 11 atom stereocenters. The van der Waals surface area contributed by atoms with Gasteiger partial charge in [-0.25, -0.2) is 0 Å². The third-order valence-electron chi connectivity index (χ3n) is 22.3. The fourth-order valence-electron chi connectivity index (χ4n) is 15.1. The minimum absolute atomic E-state index is 0.0412. The van der Waals surface area contributed by atoms with E-state index in [4.69, 9.17) is 5.73 Å². The van der Waals surface area contributed by atoms with Crippen molar-refractivity contribution < 1.29 is 92.0 Å². The topological polar surface area (TPSA) is 500 Å². The summed E-state index contributed by atoms with van der Waals surface area (Å²) in [7, 11) is 6.56. The minimum Gasteiger partial charge on any atom is -0.508 e. The Kier molecular flexibility index (Phi) is 38.8. The van der Waals surface area contributed by atoms with E-state index in [0.29, 0.717) is 63.5 Å². The molecule has 1 aromatic heterocycles. The number of nitrogens with one attached hydrogen (secondary N) is 10. The molecule has 15 amide bonds. The predicted octanol–water partition coefficient (Wildman–Crippen LogP) is 2.72. The number of phenolic OH excluding ortho intramolecular Hbond substituents is 2. The summed E-state index contributed by atoms with van der Waals surface area (Å²) in [6.45, 7) is 6.26. The molecular weight excluding hydrogens is 1690 g/mol. The Bertz CT molecular complexity index is 5090. The molecule has 0 radical (unpaired) electrons. The maximum absolute atomic E-state index is 15.6. The molecule has 8 rings (SSSR count). The Morgan fingerprint density at radius 3 is 1.44 bits per heavy atom. The van der Waals surface area contributed by atoms with Crippen LogP contribution >= 0.6 is 11.8 Å². The molecule has 1 aliphatic heterocycles. The second-order valence-corrected chi connectivity index (χ2v) is 34.4. The van der Waals surface area contributed by atoms with Crippen molar-refractivity contribution >= 4 is 117 Å². The van der Waals surface area contributed by atoms with Crippen LogP contribution in [0, 0.1) is 11.8 Å². The quantitative estimate of drug-likeness (QED) is 0.0387. The highest BCUT2D eigenvalue weighted by Gasteiger charge is 2.42. The number of carboxylic acids is 1. The normalized spacial score (nSPS) is 21.8. The number of nitrogens with zero attached hydrogens (tertiary/aromatic N) is 5. The number of aliphatic carboxylic acids is 1. The summed E-state index contributed by atoms with van der Waals surface area (Å²) in [5, 5.41) is 55.7. The predicted molar refractivity (Wildman–Crippen MR) is 487 cm³/mol. The van der Waals surface area contributed by atoms with Gasteiger partial charge in [-0.05, 0) is 88.4 Å². The standard InChI is InChI=1S/C94H120N16O19S/c1-11-12-16-33-75-92(127)107(7)53-80(115)99-71(49-82(117)118)88(123)105-83(57(4)5)94(129)109(9)76(46-59-27-19-14-20-28-59)89(124)103-72(45-62-36-40-65(112)41-37-62)90(125)106(6)52-79(114)98-70(48-63-50-96-67-32-24-23-31-66(63)67)87(122)102-69(43-61-34-38-64(111)39-35-61)86(121)101-68(42-56(2)3)85(120)104-74(84(119)97-51-78(95)113)54-130-55-81(116)100-73(44-58-25-17-13-18-26-58)91(126)110(10)77(93(128)108(75)8)47-60-29-21-15-22-30-60/h13-15,17-32,34-41,50,56-57,68-77,83,96,111-112H,11-12,16,33,42-49,51-55H2,1-10H3,(H2,95,113)(H,97,119)(H,98,114)(H,99,115)(H,100,116)(H,101,121)(H,102,122)(H,103,124)(H,104,120)(H,105,123)(H,117,118)/t68-,69-,70-,71-,72-,73-,74-,75-,76-,77-,83-/m0/s1. The van der Waals surface area contributed by atoms with Gasteiger partial charge in [0.05, 0.1) is 31.8 Å². The van der Waals surface area contributed by atoms with Crippen molar-refractivity contribution in [3.8, 4) is 11.5 Å². The molecule has 0 saturated carbocycles. The molecule has 0 aliphatic carbocycles. The third-order valence-corrected chi connectivity index (χ3v) is 23.3. The molecule has 1 saturated heterocycles. The molecule has 6 aromatic carbocycles. The van der Waals surface area contributed by atoms with Crippen molar-refractivity contribution in [1.29, 1.82) is 0 Å². The fourth-order valence-corrected chi connectivity index (χ4v) is 16.0. The Morgan fingerprint density at radius 1 is 0.454 bits per heavy atom. The van der Waals surface area contributed by atoms with Gasteiger partial charge < -0.3 is 98.4 Å². The van der Waals surface area contributed by atoms with Gasteiger partial charge in [0.1, 0.15) is 78.0 Å². The van der Waals surface area contributed by atoms with Crippen LogP contribution in [0.1, 0.15) is 107 Å². The minimum atomic E-state index is -1.91. The van der Waals surface area contributed by atoms with Crippen molar-refractivity contribution in [3.63, 3.8) is 0 Å². The number of aromatic hydroxyl groups is 2. The number of carbonyl (C=O) groups is 16. The van der Waals surface area contributed by atoms with Gasteiger partial charge in [-0.3, -0.25) is 76.7 Å². The number of phenols is 2. The number of carbonyl (C=O) groups excluding carboxylic acids is 15. The summed E-state index contributed by atoms with van der Waals surface area (Å²) >= 11 is 0.831. The number of hydrogen-bond acceptors (Lipinski definition) is 19. The average molecular weight is 1810 g/mol. The molecule has 1 aliphatic rings. The van der Waals surface area contributed by atoms with Crippen LogP contribution in [0.2, 0.25) is 0 Å². The van der Waals surface area contributed by atoms with E-state index in [2.05, 4.69) is 52.8 Å². The first-order chi connectivity index (χ1) is 61.9.